The molecular weight excluding hydrogens is 1010 g/mol. The van der Waals surface area contributed by atoms with Gasteiger partial charge in [-0.1, -0.05) is 359 Å². The summed E-state index contributed by atoms with van der Waals surface area (Å²) in [6, 6.07) is -0.536. The predicted molar refractivity (Wildman–Crippen MR) is 361 cm³/mol. The summed E-state index contributed by atoms with van der Waals surface area (Å²) in [4.78, 5) is 24.6. The van der Waals surface area contributed by atoms with Gasteiger partial charge in [-0.3, -0.25) is 9.59 Å². The van der Waals surface area contributed by atoms with E-state index < -0.39 is 12.1 Å². The Kier molecular flexibility index (Phi) is 70.4. The maximum atomic E-state index is 12.4. The standard InChI is InChI=1S/C76H147NO5/c1-3-5-7-9-11-13-14-15-16-17-37-41-44-47-50-54-58-62-66-70-76(81)82-71-67-63-59-55-51-48-45-42-39-36-34-32-30-28-26-24-22-20-18-19-21-23-25-27-29-31-33-35-38-40-43-46-49-53-57-61-65-69-75(80)77-73(72-78)74(79)68-64-60-56-52-12-10-8-6-4-2/h15-16,18,20,73-74,78-79H,3-14,17,19,21-72H2,1-2H3,(H,77,80)/b16-15-,20-18-. The summed E-state index contributed by atoms with van der Waals surface area (Å²) < 4.78 is 5.52. The summed E-state index contributed by atoms with van der Waals surface area (Å²) >= 11 is 0. The first-order valence-corrected chi connectivity index (χ1v) is 37.6. The molecule has 0 aromatic rings. The van der Waals surface area contributed by atoms with Gasteiger partial charge in [0.05, 0.1) is 25.4 Å². The number of aliphatic hydroxyl groups excluding tert-OH is 2. The van der Waals surface area contributed by atoms with Gasteiger partial charge < -0.3 is 20.3 Å². The minimum atomic E-state index is -0.659. The van der Waals surface area contributed by atoms with E-state index in [0.717, 1.165) is 38.5 Å². The predicted octanol–water partition coefficient (Wildman–Crippen LogP) is 24.5. The highest BCUT2D eigenvalue weighted by Gasteiger charge is 2.20. The number of unbranched alkanes of at least 4 members (excludes halogenated alkanes) is 56. The van der Waals surface area contributed by atoms with Crippen molar-refractivity contribution in [2.75, 3.05) is 13.2 Å². The number of amides is 1. The van der Waals surface area contributed by atoms with Crippen LogP contribution in [-0.2, 0) is 14.3 Å². The monoisotopic (exact) mass is 1150 g/mol. The minimum Gasteiger partial charge on any atom is -0.466 e. The van der Waals surface area contributed by atoms with Gasteiger partial charge in [0.15, 0.2) is 0 Å². The van der Waals surface area contributed by atoms with Crippen LogP contribution >= 0.6 is 0 Å². The molecule has 6 heteroatoms. The second-order valence-electron chi connectivity index (χ2n) is 26.0. The summed E-state index contributed by atoms with van der Waals surface area (Å²) in [6.07, 6.45) is 91.4. The number of carbonyl (C=O) groups is 2. The molecule has 0 fully saturated rings. The fourth-order valence-electron chi connectivity index (χ4n) is 12.0. The Morgan fingerprint density at radius 2 is 0.573 bits per heavy atom. The van der Waals surface area contributed by atoms with Crippen LogP contribution in [0.3, 0.4) is 0 Å². The lowest BCUT2D eigenvalue weighted by molar-refractivity contribution is -0.143. The van der Waals surface area contributed by atoms with E-state index in [1.165, 1.54) is 353 Å². The normalized spacial score (nSPS) is 12.6. The van der Waals surface area contributed by atoms with Crippen LogP contribution in [0.5, 0.6) is 0 Å². The van der Waals surface area contributed by atoms with E-state index in [4.69, 9.17) is 4.74 Å². The Morgan fingerprint density at radius 1 is 0.329 bits per heavy atom. The molecule has 2 atom stereocenters. The van der Waals surface area contributed by atoms with Crippen LogP contribution in [-0.4, -0.2) is 47.4 Å². The van der Waals surface area contributed by atoms with Crippen molar-refractivity contribution in [1.82, 2.24) is 5.32 Å². The molecule has 3 N–H and O–H groups in total. The van der Waals surface area contributed by atoms with E-state index in [1.54, 1.807) is 0 Å². The second-order valence-corrected chi connectivity index (χ2v) is 26.0. The zero-order valence-corrected chi connectivity index (χ0v) is 55.8. The number of allylic oxidation sites excluding steroid dienone is 4. The molecule has 0 heterocycles. The first kappa shape index (κ1) is 80.3. The topological polar surface area (TPSA) is 95.9 Å². The van der Waals surface area contributed by atoms with Crippen LogP contribution in [0.4, 0.5) is 0 Å². The molecule has 0 saturated heterocycles. The van der Waals surface area contributed by atoms with Gasteiger partial charge in [-0.15, -0.1) is 0 Å². The Hall–Kier alpha value is -1.66. The van der Waals surface area contributed by atoms with E-state index in [0.29, 0.717) is 25.9 Å². The van der Waals surface area contributed by atoms with Crippen LogP contribution in [0.1, 0.15) is 425 Å². The smallest absolute Gasteiger partial charge is 0.305 e. The lowest BCUT2D eigenvalue weighted by atomic mass is 10.0. The van der Waals surface area contributed by atoms with Gasteiger partial charge in [0.25, 0.3) is 0 Å². The maximum absolute atomic E-state index is 12.4. The first-order valence-electron chi connectivity index (χ1n) is 37.6. The summed E-state index contributed by atoms with van der Waals surface area (Å²) in [5.41, 5.74) is 0. The molecule has 0 aliphatic rings. The number of esters is 1. The number of hydrogen-bond acceptors (Lipinski definition) is 5. The number of aliphatic hydroxyl groups is 2. The molecule has 0 bridgehead atoms. The molecule has 0 radical (unpaired) electrons. The highest BCUT2D eigenvalue weighted by molar-refractivity contribution is 5.76. The van der Waals surface area contributed by atoms with Gasteiger partial charge in [0.1, 0.15) is 0 Å². The fourth-order valence-corrected chi connectivity index (χ4v) is 12.0. The zero-order valence-electron chi connectivity index (χ0n) is 55.8. The van der Waals surface area contributed by atoms with Crippen molar-refractivity contribution in [2.45, 2.75) is 437 Å². The molecule has 0 aliphatic carbocycles. The SMILES string of the molecule is CCCCCCCC/C=C\CCCCCCCCCCCC(=O)OCCCCCCCCCCCCCCCCCC/C=C\CCCCCCCCCCCCCCCCCCCC(=O)NC(CO)C(O)CCCCCCCCCCC. The Balaban J connectivity index is 3.29. The van der Waals surface area contributed by atoms with Crippen molar-refractivity contribution in [1.29, 1.82) is 0 Å². The minimum absolute atomic E-state index is 0.0217. The summed E-state index contributed by atoms with van der Waals surface area (Å²) in [5.74, 6) is -0.00968. The molecule has 486 valence electrons. The number of ether oxygens (including phenoxy) is 1. The number of carbonyl (C=O) groups excluding carboxylic acids is 2. The third-order valence-electron chi connectivity index (χ3n) is 17.7. The summed E-state index contributed by atoms with van der Waals surface area (Å²) in [5, 5.41) is 23.2. The average molecular weight is 1160 g/mol. The zero-order chi connectivity index (χ0) is 59.2. The van der Waals surface area contributed by atoms with Crippen LogP contribution < -0.4 is 5.32 Å². The Bertz CT molecular complexity index is 1280. The van der Waals surface area contributed by atoms with Crippen LogP contribution in [0.15, 0.2) is 24.3 Å². The molecule has 1 amide bonds. The Labute approximate surface area is 513 Å². The van der Waals surface area contributed by atoms with E-state index in [1.807, 2.05) is 0 Å². The van der Waals surface area contributed by atoms with E-state index in [-0.39, 0.29) is 18.5 Å². The Morgan fingerprint density at radius 3 is 0.866 bits per heavy atom. The molecule has 0 saturated carbocycles. The van der Waals surface area contributed by atoms with Gasteiger partial charge in [-0.05, 0) is 77.0 Å². The highest BCUT2D eigenvalue weighted by Crippen LogP contribution is 2.19. The summed E-state index contributed by atoms with van der Waals surface area (Å²) in [7, 11) is 0. The van der Waals surface area contributed by atoms with Crippen molar-refractivity contribution in [3.63, 3.8) is 0 Å². The van der Waals surface area contributed by atoms with E-state index >= 15 is 0 Å². The molecule has 6 nitrogen and oxygen atoms in total. The molecule has 0 aromatic heterocycles. The number of rotatable bonds is 71. The van der Waals surface area contributed by atoms with Crippen molar-refractivity contribution in [2.24, 2.45) is 0 Å². The largest absolute Gasteiger partial charge is 0.466 e. The van der Waals surface area contributed by atoms with Crippen LogP contribution in [0.2, 0.25) is 0 Å². The third-order valence-corrected chi connectivity index (χ3v) is 17.7. The fraction of sp³-hybridized carbons (Fsp3) is 0.921. The number of nitrogens with one attached hydrogen (secondary N) is 1. The highest BCUT2D eigenvalue weighted by atomic mass is 16.5. The molecule has 0 spiro atoms. The lowest BCUT2D eigenvalue weighted by Gasteiger charge is -2.22. The average Bonchev–Trinajstić information content (AvgIpc) is 3.48. The lowest BCUT2D eigenvalue weighted by Crippen LogP contribution is -2.45. The van der Waals surface area contributed by atoms with Gasteiger partial charge in [-0.2, -0.15) is 0 Å². The van der Waals surface area contributed by atoms with Crippen molar-refractivity contribution in [3.05, 3.63) is 24.3 Å². The third kappa shape index (κ3) is 67.5. The van der Waals surface area contributed by atoms with Gasteiger partial charge in [0.2, 0.25) is 5.91 Å². The molecule has 82 heavy (non-hydrogen) atoms. The maximum Gasteiger partial charge on any atom is 0.305 e. The van der Waals surface area contributed by atoms with Gasteiger partial charge >= 0.3 is 5.97 Å². The van der Waals surface area contributed by atoms with Crippen LogP contribution in [0.25, 0.3) is 0 Å². The van der Waals surface area contributed by atoms with Crippen molar-refractivity contribution in [3.8, 4) is 0 Å². The first-order chi connectivity index (χ1) is 40.5. The van der Waals surface area contributed by atoms with Crippen molar-refractivity contribution < 1.29 is 24.5 Å². The van der Waals surface area contributed by atoms with Gasteiger partial charge in [-0.25, -0.2) is 0 Å². The molecule has 0 aliphatic heterocycles. The molecule has 0 rings (SSSR count). The molecule has 2 unspecified atom stereocenters. The molecule has 0 aromatic carbocycles. The van der Waals surface area contributed by atoms with E-state index in [2.05, 4.69) is 43.5 Å². The quantitative estimate of drug-likeness (QED) is 0.0320. The van der Waals surface area contributed by atoms with Crippen molar-refractivity contribution >= 4 is 11.9 Å². The molecular formula is C76H147NO5. The van der Waals surface area contributed by atoms with Gasteiger partial charge in [0, 0.05) is 12.8 Å². The van der Waals surface area contributed by atoms with Crippen LogP contribution in [0, 0.1) is 0 Å². The number of hydrogen-bond donors (Lipinski definition) is 3. The second kappa shape index (κ2) is 71.8. The van der Waals surface area contributed by atoms with E-state index in [9.17, 15) is 19.8 Å². The summed E-state index contributed by atoms with van der Waals surface area (Å²) in [6.45, 7) is 4.96.